The van der Waals surface area contributed by atoms with Crippen LogP contribution in [0.25, 0.3) is 0 Å². The molecular weight excluding hydrogens is 248 g/mol. The number of benzene rings is 1. The third-order valence-corrected chi connectivity index (χ3v) is 2.33. The van der Waals surface area contributed by atoms with Crippen molar-refractivity contribution in [2.45, 2.75) is 0 Å². The van der Waals surface area contributed by atoms with Crippen LogP contribution in [0.3, 0.4) is 0 Å². The van der Waals surface area contributed by atoms with Gasteiger partial charge in [0, 0.05) is 18.1 Å². The van der Waals surface area contributed by atoms with Gasteiger partial charge in [-0.2, -0.15) is 0 Å². The Kier molecular flexibility index (Phi) is 3.37. The molecule has 0 bridgehead atoms. The van der Waals surface area contributed by atoms with Gasteiger partial charge in [0.05, 0.1) is 5.56 Å². The van der Waals surface area contributed by atoms with Gasteiger partial charge in [-0.05, 0) is 24.3 Å². The van der Waals surface area contributed by atoms with Crippen LogP contribution in [0.4, 0.5) is 11.5 Å². The Morgan fingerprint density at radius 1 is 1.11 bits per heavy atom. The highest BCUT2D eigenvalue weighted by molar-refractivity contribution is 5.96. The predicted molar refractivity (Wildman–Crippen MR) is 67.2 cm³/mol. The molecule has 1 heterocycles. The fraction of sp³-hybridized carbons (Fsp3) is 0. The Balaban J connectivity index is 2.26. The summed E-state index contributed by atoms with van der Waals surface area (Å²) in [6.07, 6.45) is 2.78. The molecule has 1 aromatic carbocycles. The van der Waals surface area contributed by atoms with Crippen LogP contribution in [0, 0.1) is 0 Å². The molecule has 1 aromatic heterocycles. The van der Waals surface area contributed by atoms with Gasteiger partial charge in [-0.1, -0.05) is 0 Å². The minimum Gasteiger partial charge on any atom is -0.478 e. The van der Waals surface area contributed by atoms with Gasteiger partial charge in [-0.15, -0.1) is 0 Å². The molecule has 0 radical (unpaired) electrons. The lowest BCUT2D eigenvalue weighted by atomic mass is 10.2. The van der Waals surface area contributed by atoms with Crippen molar-refractivity contribution in [3.63, 3.8) is 0 Å². The summed E-state index contributed by atoms with van der Waals surface area (Å²) in [4.78, 5) is 29.7. The first kappa shape index (κ1) is 12.5. The molecule has 7 nitrogen and oxygen atoms in total. The predicted octanol–water partition coefficient (Wildman–Crippen LogP) is 1.02. The molecule has 0 aliphatic rings. The van der Waals surface area contributed by atoms with E-state index in [-0.39, 0.29) is 17.1 Å². The van der Waals surface area contributed by atoms with Crippen LogP contribution in [-0.4, -0.2) is 27.0 Å². The number of carboxylic acid groups (broad SMARTS) is 1. The Labute approximate surface area is 108 Å². The van der Waals surface area contributed by atoms with Crippen molar-refractivity contribution in [1.82, 2.24) is 9.97 Å². The molecule has 19 heavy (non-hydrogen) atoms. The summed E-state index contributed by atoms with van der Waals surface area (Å²) >= 11 is 0. The van der Waals surface area contributed by atoms with Gasteiger partial charge in [0.1, 0.15) is 0 Å². The zero-order valence-electron chi connectivity index (χ0n) is 9.70. The number of carbonyl (C=O) groups excluding carboxylic acids is 1. The molecule has 1 amide bonds. The van der Waals surface area contributed by atoms with Crippen molar-refractivity contribution < 1.29 is 14.7 Å². The molecule has 7 heteroatoms. The number of aromatic carboxylic acids is 1. The van der Waals surface area contributed by atoms with Crippen molar-refractivity contribution >= 4 is 23.4 Å². The third kappa shape index (κ3) is 2.83. The van der Waals surface area contributed by atoms with Gasteiger partial charge in [-0.3, -0.25) is 4.79 Å². The average molecular weight is 258 g/mol. The van der Waals surface area contributed by atoms with E-state index in [4.69, 9.17) is 10.8 Å². The van der Waals surface area contributed by atoms with E-state index in [1.807, 2.05) is 0 Å². The molecule has 0 fully saturated rings. The monoisotopic (exact) mass is 258 g/mol. The molecule has 0 atom stereocenters. The number of rotatable bonds is 4. The van der Waals surface area contributed by atoms with E-state index >= 15 is 0 Å². The summed E-state index contributed by atoms with van der Waals surface area (Å²) < 4.78 is 0. The van der Waals surface area contributed by atoms with Crippen molar-refractivity contribution in [1.29, 1.82) is 0 Å². The largest absolute Gasteiger partial charge is 0.478 e. The zero-order valence-corrected chi connectivity index (χ0v) is 9.70. The van der Waals surface area contributed by atoms with E-state index in [9.17, 15) is 9.59 Å². The highest BCUT2D eigenvalue weighted by Gasteiger charge is 2.11. The van der Waals surface area contributed by atoms with Crippen LogP contribution in [-0.2, 0) is 0 Å². The van der Waals surface area contributed by atoms with Crippen molar-refractivity contribution in [3.8, 4) is 0 Å². The lowest BCUT2D eigenvalue weighted by Crippen LogP contribution is -2.16. The molecule has 0 spiro atoms. The SMILES string of the molecule is NC(=O)c1nccnc1Nc1ccc(C(=O)O)cc1. The summed E-state index contributed by atoms with van der Waals surface area (Å²) in [5.74, 6) is -1.49. The number of aromatic nitrogens is 2. The third-order valence-electron chi connectivity index (χ3n) is 2.33. The lowest BCUT2D eigenvalue weighted by molar-refractivity contribution is 0.0696. The van der Waals surface area contributed by atoms with Crippen molar-refractivity contribution in [2.75, 3.05) is 5.32 Å². The average Bonchev–Trinajstić information content (AvgIpc) is 2.39. The summed E-state index contributed by atoms with van der Waals surface area (Å²) in [5, 5.41) is 11.6. The fourth-order valence-corrected chi connectivity index (χ4v) is 1.44. The Bertz CT molecular complexity index is 625. The molecule has 0 aliphatic heterocycles. The number of amides is 1. The van der Waals surface area contributed by atoms with Crippen molar-refractivity contribution in [2.24, 2.45) is 5.73 Å². The van der Waals surface area contributed by atoms with Crippen LogP contribution in [0.5, 0.6) is 0 Å². The molecular formula is C12H10N4O3. The fourth-order valence-electron chi connectivity index (χ4n) is 1.44. The maximum atomic E-state index is 11.2. The Hall–Kier alpha value is -2.96. The van der Waals surface area contributed by atoms with Gasteiger partial charge in [0.2, 0.25) is 0 Å². The first-order chi connectivity index (χ1) is 9.08. The first-order valence-corrected chi connectivity index (χ1v) is 5.29. The quantitative estimate of drug-likeness (QED) is 0.753. The van der Waals surface area contributed by atoms with E-state index in [0.29, 0.717) is 5.69 Å². The summed E-state index contributed by atoms with van der Waals surface area (Å²) in [6, 6.07) is 5.99. The number of nitrogens with one attached hydrogen (secondary N) is 1. The van der Waals surface area contributed by atoms with Gasteiger partial charge in [0.25, 0.3) is 5.91 Å². The highest BCUT2D eigenvalue weighted by atomic mass is 16.4. The van der Waals surface area contributed by atoms with Gasteiger partial charge in [-0.25, -0.2) is 14.8 Å². The van der Waals surface area contributed by atoms with Crippen molar-refractivity contribution in [3.05, 3.63) is 47.9 Å². The maximum Gasteiger partial charge on any atom is 0.335 e. The highest BCUT2D eigenvalue weighted by Crippen LogP contribution is 2.17. The Morgan fingerprint density at radius 2 is 1.74 bits per heavy atom. The minimum atomic E-state index is -1.01. The van der Waals surface area contributed by atoms with Crippen LogP contribution in [0.1, 0.15) is 20.8 Å². The van der Waals surface area contributed by atoms with Gasteiger partial charge < -0.3 is 16.2 Å². The Morgan fingerprint density at radius 3 is 2.32 bits per heavy atom. The number of anilines is 2. The second-order valence-electron chi connectivity index (χ2n) is 3.63. The summed E-state index contributed by atoms with van der Waals surface area (Å²) in [7, 11) is 0. The molecule has 96 valence electrons. The van der Waals surface area contributed by atoms with Gasteiger partial charge in [0.15, 0.2) is 11.5 Å². The maximum absolute atomic E-state index is 11.2. The standard InChI is InChI=1S/C12H10N4O3/c13-10(17)9-11(15-6-5-14-9)16-8-3-1-7(2-4-8)12(18)19/h1-6H,(H2,13,17)(H,15,16)(H,18,19). The number of nitrogens with two attached hydrogens (primary N) is 1. The number of hydrogen-bond acceptors (Lipinski definition) is 5. The number of carbonyl (C=O) groups is 2. The van der Waals surface area contributed by atoms with E-state index in [0.717, 1.165) is 0 Å². The van der Waals surface area contributed by atoms with Crippen LogP contribution in [0.15, 0.2) is 36.7 Å². The number of nitrogens with zero attached hydrogens (tertiary/aromatic N) is 2. The second kappa shape index (κ2) is 5.13. The lowest BCUT2D eigenvalue weighted by Gasteiger charge is -2.07. The molecule has 2 aromatic rings. The number of primary amides is 1. The number of hydrogen-bond donors (Lipinski definition) is 3. The van der Waals surface area contributed by atoms with E-state index in [1.54, 1.807) is 12.1 Å². The van der Waals surface area contributed by atoms with Crippen LogP contribution < -0.4 is 11.1 Å². The summed E-state index contributed by atoms with van der Waals surface area (Å²) in [6.45, 7) is 0. The van der Waals surface area contributed by atoms with E-state index in [1.165, 1.54) is 24.5 Å². The van der Waals surface area contributed by atoms with Crippen LogP contribution in [0.2, 0.25) is 0 Å². The molecule has 0 unspecified atom stereocenters. The number of carboxylic acids is 1. The first-order valence-electron chi connectivity index (χ1n) is 5.29. The van der Waals surface area contributed by atoms with E-state index < -0.39 is 11.9 Å². The molecule has 0 aliphatic carbocycles. The molecule has 0 saturated heterocycles. The smallest absolute Gasteiger partial charge is 0.335 e. The molecule has 4 N–H and O–H groups in total. The van der Waals surface area contributed by atoms with E-state index in [2.05, 4.69) is 15.3 Å². The topological polar surface area (TPSA) is 118 Å². The zero-order chi connectivity index (χ0) is 13.8. The van der Waals surface area contributed by atoms with Crippen LogP contribution >= 0.6 is 0 Å². The van der Waals surface area contributed by atoms with Gasteiger partial charge >= 0.3 is 5.97 Å². The molecule has 2 rings (SSSR count). The minimum absolute atomic E-state index is 0.0183. The normalized spacial score (nSPS) is 9.89. The summed E-state index contributed by atoms with van der Waals surface area (Å²) in [5.41, 5.74) is 5.93. The second-order valence-corrected chi connectivity index (χ2v) is 3.63. The molecule has 0 saturated carbocycles.